The Bertz CT molecular complexity index is 469. The van der Waals surface area contributed by atoms with Crippen LogP contribution < -0.4 is 0 Å². The predicted octanol–water partition coefficient (Wildman–Crippen LogP) is 9.85. The third-order valence-corrected chi connectivity index (χ3v) is 7.30. The summed E-state index contributed by atoms with van der Waals surface area (Å²) in [5.74, 6) is -0.686. The molecule has 1 unspecified atom stereocenters. The molecule has 0 heterocycles. The molecule has 0 aliphatic heterocycles. The summed E-state index contributed by atoms with van der Waals surface area (Å²) in [6.45, 7) is 5.39. The van der Waals surface area contributed by atoms with Gasteiger partial charge in [-0.1, -0.05) is 158 Å². The molecule has 0 rings (SSSR count). The lowest BCUT2D eigenvalue weighted by atomic mass is 10.1. The highest BCUT2D eigenvalue weighted by atomic mass is 79.9. The quantitative estimate of drug-likeness (QED) is 0.0569. The highest BCUT2D eigenvalue weighted by molar-refractivity contribution is 9.10. The number of hydrogen-bond acceptors (Lipinski definition) is 4. The first-order chi connectivity index (χ1) is 17.1. The van der Waals surface area contributed by atoms with Gasteiger partial charge in [-0.25, -0.2) is 0 Å². The number of hydrogen-bond donors (Lipinski definition) is 0. The van der Waals surface area contributed by atoms with E-state index in [2.05, 4.69) is 29.8 Å². The highest BCUT2D eigenvalue weighted by Crippen LogP contribution is 2.14. The van der Waals surface area contributed by atoms with Crippen LogP contribution in [0.4, 0.5) is 0 Å². The van der Waals surface area contributed by atoms with Crippen molar-refractivity contribution >= 4 is 27.9 Å². The van der Waals surface area contributed by atoms with Crippen molar-refractivity contribution < 1.29 is 19.1 Å². The Kier molecular flexibility index (Phi) is 27.5. The average molecular weight is 562 g/mol. The van der Waals surface area contributed by atoms with Crippen LogP contribution in [-0.2, 0) is 19.1 Å². The lowest BCUT2D eigenvalue weighted by Crippen LogP contribution is -2.22. The normalized spacial score (nSPS) is 12.0. The maximum absolute atomic E-state index is 12.1. The fraction of sp³-hybridized carbons (Fsp3) is 0.933. The minimum Gasteiger partial charge on any atom is -0.466 e. The predicted molar refractivity (Wildman–Crippen MR) is 152 cm³/mol. The van der Waals surface area contributed by atoms with Crippen molar-refractivity contribution in [2.75, 3.05) is 13.2 Å². The summed E-state index contributed by atoms with van der Waals surface area (Å²) in [7, 11) is 0. The molecular formula is C30H57BrO4. The van der Waals surface area contributed by atoms with E-state index in [1.54, 1.807) is 0 Å². The molecular weight excluding hydrogens is 504 g/mol. The molecule has 0 N–H and O–H groups in total. The third kappa shape index (κ3) is 26.3. The van der Waals surface area contributed by atoms with Gasteiger partial charge in [-0.15, -0.1) is 0 Å². The monoisotopic (exact) mass is 560 g/mol. The zero-order valence-electron chi connectivity index (χ0n) is 23.3. The summed E-state index contributed by atoms with van der Waals surface area (Å²) in [5, 5.41) is 0. The van der Waals surface area contributed by atoms with Crippen LogP contribution in [-0.4, -0.2) is 30.0 Å². The first kappa shape index (κ1) is 34.4. The standard InChI is InChI=1S/C30H57BrO4/c1-3-5-7-9-11-13-15-17-19-21-23-25-34-29(32)27-28(31)30(33)35-26-24-22-20-18-16-14-12-10-8-6-4-2/h28H,3-27H2,1-2H3. The smallest absolute Gasteiger partial charge is 0.320 e. The molecule has 0 aliphatic rings. The Hall–Kier alpha value is -0.580. The van der Waals surface area contributed by atoms with Gasteiger partial charge in [0.2, 0.25) is 0 Å². The minimum atomic E-state index is -0.611. The van der Waals surface area contributed by atoms with E-state index in [1.807, 2.05) is 0 Å². The Labute approximate surface area is 226 Å². The van der Waals surface area contributed by atoms with Gasteiger partial charge in [0.1, 0.15) is 4.83 Å². The largest absolute Gasteiger partial charge is 0.466 e. The van der Waals surface area contributed by atoms with Gasteiger partial charge in [-0.2, -0.15) is 0 Å². The Morgan fingerprint density at radius 2 is 0.829 bits per heavy atom. The molecule has 0 amide bonds. The molecule has 0 radical (unpaired) electrons. The summed E-state index contributed by atoms with van der Waals surface area (Å²) in [5.41, 5.74) is 0. The van der Waals surface area contributed by atoms with Gasteiger partial charge in [0.25, 0.3) is 0 Å². The topological polar surface area (TPSA) is 52.6 Å². The van der Waals surface area contributed by atoms with Crippen LogP contribution in [0.2, 0.25) is 0 Å². The van der Waals surface area contributed by atoms with Crippen LogP contribution in [0.3, 0.4) is 0 Å². The number of carbonyl (C=O) groups is 2. The second-order valence-corrected chi connectivity index (χ2v) is 11.2. The van der Waals surface area contributed by atoms with E-state index in [0.29, 0.717) is 13.2 Å². The number of esters is 2. The lowest BCUT2D eigenvalue weighted by Gasteiger charge is -2.10. The number of unbranched alkanes of at least 4 members (excludes halogenated alkanes) is 20. The molecule has 0 fully saturated rings. The molecule has 1 atom stereocenters. The van der Waals surface area contributed by atoms with E-state index in [4.69, 9.17) is 9.47 Å². The molecule has 0 aromatic carbocycles. The average Bonchev–Trinajstić information content (AvgIpc) is 2.85. The Morgan fingerprint density at radius 3 is 1.20 bits per heavy atom. The van der Waals surface area contributed by atoms with Crippen LogP contribution in [0.15, 0.2) is 0 Å². The lowest BCUT2D eigenvalue weighted by molar-refractivity contribution is -0.149. The van der Waals surface area contributed by atoms with E-state index in [-0.39, 0.29) is 18.4 Å². The molecule has 0 aromatic heterocycles. The molecule has 5 heteroatoms. The molecule has 35 heavy (non-hydrogen) atoms. The van der Waals surface area contributed by atoms with E-state index < -0.39 is 4.83 Å². The molecule has 0 spiro atoms. The number of carbonyl (C=O) groups excluding carboxylic acids is 2. The first-order valence-corrected chi connectivity index (χ1v) is 16.0. The number of rotatable bonds is 27. The van der Waals surface area contributed by atoms with Gasteiger partial charge >= 0.3 is 11.9 Å². The van der Waals surface area contributed by atoms with Gasteiger partial charge in [0.05, 0.1) is 19.6 Å². The summed E-state index contributed by atoms with van der Waals surface area (Å²) in [6, 6.07) is 0. The van der Waals surface area contributed by atoms with Crippen LogP contribution in [0.5, 0.6) is 0 Å². The van der Waals surface area contributed by atoms with Crippen molar-refractivity contribution in [1.82, 2.24) is 0 Å². The molecule has 208 valence electrons. The van der Waals surface area contributed by atoms with E-state index in [1.165, 1.54) is 116 Å². The van der Waals surface area contributed by atoms with Crippen molar-refractivity contribution in [3.8, 4) is 0 Å². The van der Waals surface area contributed by atoms with Gasteiger partial charge in [0.15, 0.2) is 0 Å². The van der Waals surface area contributed by atoms with Crippen molar-refractivity contribution in [3.05, 3.63) is 0 Å². The molecule has 0 aromatic rings. The second kappa shape index (κ2) is 28.0. The summed E-state index contributed by atoms with van der Waals surface area (Å²) >= 11 is 3.28. The van der Waals surface area contributed by atoms with Crippen LogP contribution in [0, 0.1) is 0 Å². The van der Waals surface area contributed by atoms with Gasteiger partial charge in [-0.3, -0.25) is 9.59 Å². The maximum Gasteiger partial charge on any atom is 0.320 e. The fourth-order valence-corrected chi connectivity index (χ4v) is 4.67. The molecule has 4 nitrogen and oxygen atoms in total. The third-order valence-electron chi connectivity index (χ3n) is 6.60. The molecule has 0 aliphatic carbocycles. The van der Waals surface area contributed by atoms with E-state index >= 15 is 0 Å². The number of halogens is 1. The van der Waals surface area contributed by atoms with E-state index in [0.717, 1.165) is 25.7 Å². The summed E-state index contributed by atoms with van der Waals surface area (Å²) in [4.78, 5) is 23.4. The van der Waals surface area contributed by atoms with Crippen LogP contribution in [0.1, 0.15) is 162 Å². The number of ether oxygens (including phenoxy) is 2. The van der Waals surface area contributed by atoms with Gasteiger partial charge in [0, 0.05) is 0 Å². The number of alkyl halides is 1. The molecule has 0 saturated carbocycles. The SMILES string of the molecule is CCCCCCCCCCCCCOC(=O)CC(Br)C(=O)OCCCCCCCCCCCCC. The van der Waals surface area contributed by atoms with Crippen molar-refractivity contribution in [3.63, 3.8) is 0 Å². The van der Waals surface area contributed by atoms with Crippen molar-refractivity contribution in [2.45, 2.75) is 166 Å². The fourth-order valence-electron chi connectivity index (χ4n) is 4.27. The summed E-state index contributed by atoms with van der Waals surface area (Å²) in [6.07, 6.45) is 27.9. The zero-order valence-corrected chi connectivity index (χ0v) is 24.9. The van der Waals surface area contributed by atoms with Crippen LogP contribution >= 0.6 is 15.9 Å². The summed E-state index contributed by atoms with van der Waals surface area (Å²) < 4.78 is 10.6. The van der Waals surface area contributed by atoms with Gasteiger partial charge < -0.3 is 9.47 Å². The minimum absolute atomic E-state index is 0.0368. The molecule has 0 bridgehead atoms. The first-order valence-electron chi connectivity index (χ1n) is 15.1. The Balaban J connectivity index is 3.44. The molecule has 0 saturated heterocycles. The highest BCUT2D eigenvalue weighted by Gasteiger charge is 2.21. The maximum atomic E-state index is 12.1. The Morgan fingerprint density at radius 1 is 0.514 bits per heavy atom. The van der Waals surface area contributed by atoms with E-state index in [9.17, 15) is 9.59 Å². The van der Waals surface area contributed by atoms with Crippen LogP contribution in [0.25, 0.3) is 0 Å². The van der Waals surface area contributed by atoms with Crippen molar-refractivity contribution in [2.24, 2.45) is 0 Å². The van der Waals surface area contributed by atoms with Crippen molar-refractivity contribution in [1.29, 1.82) is 0 Å². The second-order valence-electron chi connectivity index (χ2n) is 10.1. The van der Waals surface area contributed by atoms with Gasteiger partial charge in [-0.05, 0) is 12.8 Å². The zero-order chi connectivity index (χ0) is 25.8.